The van der Waals surface area contributed by atoms with Crippen molar-refractivity contribution in [3.05, 3.63) is 35.3 Å². The number of aryl methyl sites for hydroxylation is 1. The van der Waals surface area contributed by atoms with Crippen LogP contribution in [0.2, 0.25) is 0 Å². The van der Waals surface area contributed by atoms with Gasteiger partial charge in [-0.05, 0) is 32.0 Å². The number of hydrogen-bond donors (Lipinski definition) is 1. The Morgan fingerprint density at radius 3 is 2.62 bits per heavy atom. The lowest BCUT2D eigenvalue weighted by molar-refractivity contribution is -0.152. The number of rotatable bonds is 6. The predicted molar refractivity (Wildman–Crippen MR) is 108 cm³/mol. The molecule has 2 heterocycles. The molecular weight excluding hydrogens is 396 g/mol. The summed E-state index contributed by atoms with van der Waals surface area (Å²) in [6.07, 6.45) is 0. The zero-order chi connectivity index (χ0) is 21.0. The molecular formula is C19H20N4O5S. The molecule has 0 aliphatic heterocycles. The van der Waals surface area contributed by atoms with E-state index in [4.69, 9.17) is 14.2 Å². The fraction of sp³-hybridized carbons (Fsp3) is 0.263. The van der Waals surface area contributed by atoms with Gasteiger partial charge in [0, 0.05) is 17.0 Å². The lowest BCUT2D eigenvalue weighted by Gasteiger charge is -2.08. The summed E-state index contributed by atoms with van der Waals surface area (Å²) in [4.78, 5) is 28.2. The Morgan fingerprint density at radius 1 is 1.17 bits per heavy atom. The van der Waals surface area contributed by atoms with E-state index in [0.717, 1.165) is 5.56 Å². The van der Waals surface area contributed by atoms with Gasteiger partial charge in [0.1, 0.15) is 5.82 Å². The van der Waals surface area contributed by atoms with Gasteiger partial charge in [-0.15, -0.1) is 11.3 Å². The monoisotopic (exact) mass is 416 g/mol. The van der Waals surface area contributed by atoms with Crippen molar-refractivity contribution in [2.24, 2.45) is 0 Å². The number of amides is 1. The molecule has 0 aliphatic carbocycles. The zero-order valence-corrected chi connectivity index (χ0v) is 17.2. The lowest BCUT2D eigenvalue weighted by Crippen LogP contribution is -2.26. The maximum absolute atomic E-state index is 12.0. The van der Waals surface area contributed by atoms with Gasteiger partial charge in [0.15, 0.2) is 11.5 Å². The normalized spacial score (nSPS) is 10.5. The first-order valence-corrected chi connectivity index (χ1v) is 9.57. The number of hydrogen-bond acceptors (Lipinski definition) is 8. The largest absolute Gasteiger partial charge is 0.493 e. The number of benzene rings is 1. The maximum atomic E-state index is 12.0. The number of carbonyl (C=O) groups excluding carboxylic acids is 2. The number of nitrogens with one attached hydrogen (secondary N) is 1. The van der Waals surface area contributed by atoms with Crippen molar-refractivity contribution in [3.8, 4) is 27.9 Å². The number of esters is 1. The molecule has 0 unspecified atom stereocenters. The highest BCUT2D eigenvalue weighted by atomic mass is 32.1. The first-order valence-electron chi connectivity index (χ1n) is 8.69. The van der Waals surface area contributed by atoms with Crippen molar-refractivity contribution in [2.45, 2.75) is 13.8 Å². The van der Waals surface area contributed by atoms with Gasteiger partial charge in [-0.3, -0.25) is 4.79 Å². The minimum Gasteiger partial charge on any atom is -0.493 e. The molecule has 0 aliphatic rings. The average molecular weight is 416 g/mol. The number of aromatic nitrogens is 3. The Bertz CT molecular complexity index is 1040. The van der Waals surface area contributed by atoms with Crippen LogP contribution in [0.3, 0.4) is 0 Å². The molecule has 0 radical (unpaired) electrons. The average Bonchev–Trinajstić information content (AvgIpc) is 3.34. The Hall–Kier alpha value is -3.40. The third kappa shape index (κ3) is 4.37. The van der Waals surface area contributed by atoms with Gasteiger partial charge in [-0.25, -0.2) is 9.78 Å². The Kier molecular flexibility index (Phi) is 6.13. The molecule has 1 N–H and O–H groups in total. The second-order valence-electron chi connectivity index (χ2n) is 5.84. The minimum absolute atomic E-state index is 0.117. The van der Waals surface area contributed by atoms with Crippen LogP contribution in [0.15, 0.2) is 29.6 Å². The summed E-state index contributed by atoms with van der Waals surface area (Å²) in [5, 5.41) is 9.27. The molecule has 3 rings (SSSR count). The van der Waals surface area contributed by atoms with Crippen molar-refractivity contribution in [1.29, 1.82) is 0 Å². The maximum Gasteiger partial charge on any atom is 0.397 e. The Morgan fingerprint density at radius 2 is 1.93 bits per heavy atom. The quantitative estimate of drug-likeness (QED) is 0.487. The van der Waals surface area contributed by atoms with Gasteiger partial charge in [0.05, 0.1) is 32.2 Å². The zero-order valence-electron chi connectivity index (χ0n) is 16.4. The third-order valence-electron chi connectivity index (χ3n) is 3.89. The van der Waals surface area contributed by atoms with E-state index in [9.17, 15) is 9.59 Å². The van der Waals surface area contributed by atoms with Gasteiger partial charge in [0.25, 0.3) is 0 Å². The molecule has 9 nitrogen and oxygen atoms in total. The van der Waals surface area contributed by atoms with E-state index >= 15 is 0 Å². The van der Waals surface area contributed by atoms with E-state index in [1.54, 1.807) is 40.2 Å². The summed E-state index contributed by atoms with van der Waals surface area (Å²) >= 11 is 1.34. The van der Waals surface area contributed by atoms with Crippen LogP contribution in [0.1, 0.15) is 12.6 Å². The van der Waals surface area contributed by atoms with Crippen LogP contribution >= 0.6 is 11.3 Å². The van der Waals surface area contributed by atoms with Gasteiger partial charge >= 0.3 is 11.9 Å². The summed E-state index contributed by atoms with van der Waals surface area (Å²) in [7, 11) is 3.14. The molecule has 152 valence electrons. The standard InChI is InChI=1S/C19H20N4O5S/c1-5-28-18(25)17(24)21-16-8-11(2)22-23(16)19-20-13(10-29-19)12-6-7-14(26-3)15(9-12)27-4/h6-10H,5H2,1-4H3,(H,21,24). The van der Waals surface area contributed by atoms with Crippen LogP contribution in [0.25, 0.3) is 16.4 Å². The second-order valence-corrected chi connectivity index (χ2v) is 6.68. The molecule has 0 atom stereocenters. The van der Waals surface area contributed by atoms with Crippen LogP contribution in [-0.2, 0) is 14.3 Å². The number of methoxy groups -OCH3 is 2. The molecule has 0 fully saturated rings. The summed E-state index contributed by atoms with van der Waals surface area (Å²) in [6.45, 7) is 3.52. The third-order valence-corrected chi connectivity index (χ3v) is 4.70. The van der Waals surface area contributed by atoms with Crippen LogP contribution in [0, 0.1) is 6.92 Å². The topological polar surface area (TPSA) is 105 Å². The highest BCUT2D eigenvalue weighted by molar-refractivity contribution is 7.12. The number of ether oxygens (including phenoxy) is 3. The highest BCUT2D eigenvalue weighted by Gasteiger charge is 2.20. The first-order chi connectivity index (χ1) is 14.0. The van der Waals surface area contributed by atoms with Crippen LogP contribution in [-0.4, -0.2) is 47.5 Å². The van der Waals surface area contributed by atoms with Gasteiger partial charge in [0.2, 0.25) is 5.13 Å². The van der Waals surface area contributed by atoms with Crippen molar-refractivity contribution < 1.29 is 23.8 Å². The SMILES string of the molecule is CCOC(=O)C(=O)Nc1cc(C)nn1-c1nc(-c2ccc(OC)c(OC)c2)cs1. The molecule has 0 saturated carbocycles. The summed E-state index contributed by atoms with van der Waals surface area (Å²) < 4.78 is 16.8. The Balaban J connectivity index is 1.89. The summed E-state index contributed by atoms with van der Waals surface area (Å²) in [5.41, 5.74) is 2.21. The number of nitrogens with zero attached hydrogens (tertiary/aromatic N) is 3. The fourth-order valence-electron chi connectivity index (χ4n) is 2.59. The predicted octanol–water partition coefficient (Wildman–Crippen LogP) is 2.82. The van der Waals surface area contributed by atoms with E-state index < -0.39 is 11.9 Å². The van der Waals surface area contributed by atoms with E-state index in [2.05, 4.69) is 15.4 Å². The number of thiazole rings is 1. The molecule has 2 aromatic heterocycles. The van der Waals surface area contributed by atoms with Crippen molar-refractivity contribution in [2.75, 3.05) is 26.1 Å². The lowest BCUT2D eigenvalue weighted by atomic mass is 10.1. The van der Waals surface area contributed by atoms with E-state index in [-0.39, 0.29) is 6.61 Å². The van der Waals surface area contributed by atoms with Gasteiger partial charge in [-0.1, -0.05) is 0 Å². The fourth-order valence-corrected chi connectivity index (χ4v) is 3.38. The Labute approximate surface area is 171 Å². The highest BCUT2D eigenvalue weighted by Crippen LogP contribution is 2.33. The summed E-state index contributed by atoms with van der Waals surface area (Å²) in [5.74, 6) is -0.281. The number of carbonyl (C=O) groups is 2. The van der Waals surface area contributed by atoms with Gasteiger partial charge < -0.3 is 19.5 Å². The molecule has 10 heteroatoms. The first kappa shape index (κ1) is 20.3. The molecule has 1 aromatic carbocycles. The van der Waals surface area contributed by atoms with E-state index in [1.165, 1.54) is 16.0 Å². The molecule has 3 aromatic rings. The van der Waals surface area contributed by atoms with E-state index in [1.807, 2.05) is 17.5 Å². The summed E-state index contributed by atoms with van der Waals surface area (Å²) in [6, 6.07) is 7.15. The molecule has 0 saturated heterocycles. The second kappa shape index (κ2) is 8.74. The smallest absolute Gasteiger partial charge is 0.397 e. The van der Waals surface area contributed by atoms with Crippen molar-refractivity contribution in [3.63, 3.8) is 0 Å². The number of anilines is 1. The van der Waals surface area contributed by atoms with Crippen molar-refractivity contribution in [1.82, 2.24) is 14.8 Å². The van der Waals surface area contributed by atoms with Crippen LogP contribution < -0.4 is 14.8 Å². The molecule has 0 bridgehead atoms. The molecule has 29 heavy (non-hydrogen) atoms. The van der Waals surface area contributed by atoms with Crippen LogP contribution in [0.4, 0.5) is 5.82 Å². The van der Waals surface area contributed by atoms with E-state index in [0.29, 0.717) is 33.8 Å². The molecule has 0 spiro atoms. The van der Waals surface area contributed by atoms with Gasteiger partial charge in [-0.2, -0.15) is 9.78 Å². The van der Waals surface area contributed by atoms with Crippen LogP contribution in [0.5, 0.6) is 11.5 Å². The van der Waals surface area contributed by atoms with Crippen molar-refractivity contribution >= 4 is 29.0 Å². The minimum atomic E-state index is -0.956. The molecule has 1 amide bonds.